The SMILES string of the molecule is Cc1nn(C)c(C)c1/C=C1\C[C@@H]2[C@H]3CC=C4C[C@H](O)CC[C@]4(C)[C@@H]3CC[C@@]2(C)C1=O. The van der Waals surface area contributed by atoms with Crippen LogP contribution < -0.4 is 0 Å². The Balaban J connectivity index is 1.50. The predicted octanol–water partition coefficient (Wildman–Crippen LogP) is 4.92. The molecule has 0 saturated heterocycles. The van der Waals surface area contributed by atoms with Gasteiger partial charge < -0.3 is 5.11 Å². The standard InChI is InChI=1S/C26H36N2O2/c1-15-21(16(2)28(5)27-15)12-17-13-23-20-7-6-18-14-19(29)8-10-25(18,3)22(20)9-11-26(23,4)24(17)30/h6,12,19-20,22-23,29H,7-11,13-14H2,1-5H3/b17-12+/t19-,20+,22-,23-,25+,26-/m1/s1. The van der Waals surface area contributed by atoms with Crippen LogP contribution in [0.15, 0.2) is 17.2 Å². The summed E-state index contributed by atoms with van der Waals surface area (Å²) in [5.74, 6) is 2.05. The van der Waals surface area contributed by atoms with Gasteiger partial charge in [0.2, 0.25) is 0 Å². The Morgan fingerprint density at radius 3 is 2.57 bits per heavy atom. The van der Waals surface area contributed by atoms with E-state index in [9.17, 15) is 9.90 Å². The molecule has 1 heterocycles. The van der Waals surface area contributed by atoms with Crippen LogP contribution in [0.2, 0.25) is 0 Å². The summed E-state index contributed by atoms with van der Waals surface area (Å²) in [5, 5.41) is 14.8. The molecule has 162 valence electrons. The number of aryl methyl sites for hydroxylation is 2. The highest BCUT2D eigenvalue weighted by Crippen LogP contribution is 2.64. The van der Waals surface area contributed by atoms with Gasteiger partial charge in [0.1, 0.15) is 0 Å². The van der Waals surface area contributed by atoms with Crippen LogP contribution in [0.4, 0.5) is 0 Å². The lowest BCUT2D eigenvalue weighted by Gasteiger charge is -2.56. The Hall–Kier alpha value is -1.68. The fourth-order valence-electron chi connectivity index (χ4n) is 7.61. The van der Waals surface area contributed by atoms with Crippen molar-refractivity contribution in [1.82, 2.24) is 9.78 Å². The topological polar surface area (TPSA) is 55.1 Å². The molecule has 6 atom stereocenters. The smallest absolute Gasteiger partial charge is 0.165 e. The highest BCUT2D eigenvalue weighted by atomic mass is 16.3. The molecule has 0 aliphatic heterocycles. The summed E-state index contributed by atoms with van der Waals surface area (Å²) in [5.41, 5.74) is 5.77. The van der Waals surface area contributed by atoms with Gasteiger partial charge in [-0.2, -0.15) is 5.10 Å². The molecule has 30 heavy (non-hydrogen) atoms. The van der Waals surface area contributed by atoms with E-state index in [-0.39, 0.29) is 16.9 Å². The summed E-state index contributed by atoms with van der Waals surface area (Å²) in [4.78, 5) is 13.6. The highest BCUT2D eigenvalue weighted by molar-refractivity contribution is 6.06. The first-order valence-corrected chi connectivity index (χ1v) is 11.8. The summed E-state index contributed by atoms with van der Waals surface area (Å²) in [6, 6.07) is 0. The van der Waals surface area contributed by atoms with E-state index in [1.54, 1.807) is 0 Å². The Morgan fingerprint density at radius 1 is 1.13 bits per heavy atom. The first-order chi connectivity index (χ1) is 14.1. The van der Waals surface area contributed by atoms with Crippen molar-refractivity contribution in [3.63, 3.8) is 0 Å². The van der Waals surface area contributed by atoms with Crippen LogP contribution in [0, 0.1) is 42.4 Å². The number of fused-ring (bicyclic) bond motifs is 5. The molecule has 1 N–H and O–H groups in total. The summed E-state index contributed by atoms with van der Waals surface area (Å²) >= 11 is 0. The zero-order valence-electron chi connectivity index (χ0n) is 19.2. The predicted molar refractivity (Wildman–Crippen MR) is 119 cm³/mol. The lowest BCUT2D eigenvalue weighted by molar-refractivity contribution is -0.130. The molecule has 0 unspecified atom stereocenters. The zero-order valence-corrected chi connectivity index (χ0v) is 19.2. The number of allylic oxidation sites excluding steroid dienone is 2. The molecule has 1 aromatic heterocycles. The summed E-state index contributed by atoms with van der Waals surface area (Å²) in [6.07, 6.45) is 11.4. The maximum absolute atomic E-state index is 13.6. The van der Waals surface area contributed by atoms with Crippen molar-refractivity contribution in [2.75, 3.05) is 0 Å². The molecule has 0 aromatic carbocycles. The summed E-state index contributed by atoms with van der Waals surface area (Å²) in [7, 11) is 1.97. The number of aliphatic hydroxyl groups is 1. The quantitative estimate of drug-likeness (QED) is 0.530. The van der Waals surface area contributed by atoms with Crippen molar-refractivity contribution in [2.45, 2.75) is 78.7 Å². The molecule has 0 spiro atoms. The highest BCUT2D eigenvalue weighted by Gasteiger charge is 2.59. The maximum Gasteiger partial charge on any atom is 0.165 e. The molecule has 4 aliphatic rings. The number of hydrogen-bond donors (Lipinski definition) is 1. The number of carbonyl (C=O) groups is 1. The van der Waals surface area contributed by atoms with Crippen LogP contribution in [0.25, 0.3) is 6.08 Å². The number of hydrogen-bond acceptors (Lipinski definition) is 3. The fraction of sp³-hybridized carbons (Fsp3) is 0.692. The molecule has 3 saturated carbocycles. The van der Waals surface area contributed by atoms with Gasteiger partial charge in [-0.3, -0.25) is 9.48 Å². The van der Waals surface area contributed by atoms with E-state index >= 15 is 0 Å². The second-order valence-corrected chi connectivity index (χ2v) is 11.0. The van der Waals surface area contributed by atoms with Crippen molar-refractivity contribution in [2.24, 2.45) is 35.6 Å². The van der Waals surface area contributed by atoms with E-state index < -0.39 is 0 Å². The van der Waals surface area contributed by atoms with Crippen LogP contribution in [-0.2, 0) is 11.8 Å². The van der Waals surface area contributed by atoms with E-state index in [4.69, 9.17) is 0 Å². The molecule has 5 rings (SSSR count). The minimum absolute atomic E-state index is 0.164. The molecule has 0 amide bonds. The van der Waals surface area contributed by atoms with Gasteiger partial charge in [0.15, 0.2) is 5.78 Å². The van der Waals surface area contributed by atoms with E-state index in [2.05, 4.69) is 38.0 Å². The van der Waals surface area contributed by atoms with Gasteiger partial charge in [-0.15, -0.1) is 0 Å². The Morgan fingerprint density at radius 2 is 1.87 bits per heavy atom. The number of rotatable bonds is 1. The molecule has 0 bridgehead atoms. The van der Waals surface area contributed by atoms with E-state index in [0.29, 0.717) is 23.5 Å². The van der Waals surface area contributed by atoms with Crippen molar-refractivity contribution < 1.29 is 9.90 Å². The molecule has 3 fully saturated rings. The first kappa shape index (κ1) is 20.2. The third kappa shape index (κ3) is 2.68. The van der Waals surface area contributed by atoms with Gasteiger partial charge in [-0.1, -0.05) is 25.5 Å². The molecule has 4 heteroatoms. The monoisotopic (exact) mass is 408 g/mol. The molecule has 4 nitrogen and oxygen atoms in total. The minimum Gasteiger partial charge on any atom is -0.393 e. The van der Waals surface area contributed by atoms with Gasteiger partial charge in [0.25, 0.3) is 0 Å². The van der Waals surface area contributed by atoms with Gasteiger partial charge in [0, 0.05) is 23.7 Å². The molecule has 0 radical (unpaired) electrons. The number of aliphatic hydroxyl groups excluding tert-OH is 1. The van der Waals surface area contributed by atoms with Gasteiger partial charge in [-0.05, 0) is 93.6 Å². The normalized spacial score (nSPS) is 42.0. The Labute approximate surface area is 180 Å². The van der Waals surface area contributed by atoms with Crippen LogP contribution in [0.3, 0.4) is 0 Å². The number of ketones is 1. The van der Waals surface area contributed by atoms with E-state index in [1.165, 1.54) is 5.57 Å². The van der Waals surface area contributed by atoms with Crippen molar-refractivity contribution >= 4 is 11.9 Å². The van der Waals surface area contributed by atoms with E-state index in [1.807, 2.05) is 18.7 Å². The maximum atomic E-state index is 13.6. The van der Waals surface area contributed by atoms with Gasteiger partial charge in [0.05, 0.1) is 11.8 Å². The largest absolute Gasteiger partial charge is 0.393 e. The molecular formula is C26H36N2O2. The van der Waals surface area contributed by atoms with Gasteiger partial charge >= 0.3 is 0 Å². The average molecular weight is 409 g/mol. The minimum atomic E-state index is -0.215. The number of carbonyl (C=O) groups excluding carboxylic acids is 1. The van der Waals surface area contributed by atoms with E-state index in [0.717, 1.165) is 67.5 Å². The van der Waals surface area contributed by atoms with Crippen LogP contribution in [-0.4, -0.2) is 26.8 Å². The summed E-state index contributed by atoms with van der Waals surface area (Å²) < 4.78 is 1.91. The van der Waals surface area contributed by atoms with Crippen molar-refractivity contribution in [3.05, 3.63) is 34.2 Å². The second kappa shape index (κ2) is 6.66. The van der Waals surface area contributed by atoms with Crippen LogP contribution in [0.1, 0.15) is 75.7 Å². The number of Topliss-reactive ketones (excluding diaryl/α,β-unsaturated/α-hetero) is 1. The average Bonchev–Trinajstić information content (AvgIpc) is 3.10. The fourth-order valence-corrected chi connectivity index (χ4v) is 7.61. The number of aromatic nitrogens is 2. The Bertz CT molecular complexity index is 970. The molecular weight excluding hydrogens is 372 g/mol. The van der Waals surface area contributed by atoms with Crippen LogP contribution >= 0.6 is 0 Å². The lowest BCUT2D eigenvalue weighted by Crippen LogP contribution is -2.50. The Kier molecular flexibility index (Phi) is 4.49. The van der Waals surface area contributed by atoms with Crippen molar-refractivity contribution in [1.29, 1.82) is 0 Å². The molecule has 4 aliphatic carbocycles. The first-order valence-electron chi connectivity index (χ1n) is 11.8. The van der Waals surface area contributed by atoms with Crippen LogP contribution in [0.5, 0.6) is 0 Å². The van der Waals surface area contributed by atoms with Crippen molar-refractivity contribution in [3.8, 4) is 0 Å². The molecule has 1 aromatic rings. The third-order valence-electron chi connectivity index (χ3n) is 9.60. The number of nitrogens with zero attached hydrogens (tertiary/aromatic N) is 2. The zero-order chi connectivity index (χ0) is 21.4. The summed E-state index contributed by atoms with van der Waals surface area (Å²) in [6.45, 7) is 8.81. The second-order valence-electron chi connectivity index (χ2n) is 11.0. The lowest BCUT2D eigenvalue weighted by atomic mass is 9.48. The third-order valence-corrected chi connectivity index (χ3v) is 9.60. The van der Waals surface area contributed by atoms with Gasteiger partial charge in [-0.25, -0.2) is 0 Å².